The van der Waals surface area contributed by atoms with Gasteiger partial charge in [0.05, 0.1) is 0 Å². The lowest BCUT2D eigenvalue weighted by molar-refractivity contribution is 0.599. The maximum Gasteiger partial charge on any atom is 0.271 e. The molecule has 5 heavy (non-hydrogen) atoms. The van der Waals surface area contributed by atoms with Crippen LogP contribution in [-0.4, -0.2) is 8.42 Å². The topological polar surface area (TPSA) is 86.2 Å². The maximum atomic E-state index is 9.48. The molecule has 0 radical (unpaired) electrons. The molecule has 4 N–H and O–H groups in total. The average Bonchev–Trinajstić information content (AvgIpc) is 1.35. The van der Waals surface area contributed by atoms with Gasteiger partial charge in [-0.15, -0.1) is 0 Å². The Morgan fingerprint density at radius 1 is 1.80 bits per heavy atom. The Morgan fingerprint density at radius 2 is 2.00 bits per heavy atom. The van der Waals surface area contributed by atoms with Crippen LogP contribution >= 0.6 is 0 Å². The van der Waals surface area contributed by atoms with Crippen molar-refractivity contribution < 1.29 is 9.83 Å². The van der Waals surface area contributed by atoms with Gasteiger partial charge in [-0.05, 0) is 0 Å². The summed E-state index contributed by atoms with van der Waals surface area (Å²) < 4.78 is 24.8. The van der Waals surface area contributed by atoms with Gasteiger partial charge in [0.1, 0.15) is 1.41 Å². The van der Waals surface area contributed by atoms with E-state index in [1.54, 1.807) is 0 Å². The van der Waals surface area contributed by atoms with Crippen molar-refractivity contribution in [2.45, 2.75) is 0 Å². The maximum absolute atomic E-state index is 9.48. The van der Waals surface area contributed by atoms with E-state index in [4.69, 9.17) is 1.41 Å². The predicted molar refractivity (Wildman–Crippen MR) is 17.3 cm³/mol. The van der Waals surface area contributed by atoms with E-state index in [1.165, 1.54) is 0 Å². The van der Waals surface area contributed by atoms with Gasteiger partial charge in [0, 0.05) is 0 Å². The van der Waals surface area contributed by atoms with Gasteiger partial charge in [0.2, 0.25) is 0 Å². The lowest BCUT2D eigenvalue weighted by Gasteiger charge is -1.72. The zero-order chi connectivity index (χ0) is 5.21. The van der Waals surface area contributed by atoms with Gasteiger partial charge in [0.15, 0.2) is 0 Å². The molecule has 0 amide bonds. The van der Waals surface area contributed by atoms with Crippen LogP contribution in [0.5, 0.6) is 0 Å². The molecule has 5 heteroatoms. The molecular formula is H4N2O2S. The van der Waals surface area contributed by atoms with E-state index >= 15 is 0 Å². The van der Waals surface area contributed by atoms with Gasteiger partial charge in [-0.2, -0.15) is 8.42 Å². The molecule has 0 rings (SSSR count). The highest BCUT2D eigenvalue weighted by Crippen LogP contribution is 1.40. The quantitative estimate of drug-likeness (QED) is 0.402. The van der Waals surface area contributed by atoms with Crippen molar-refractivity contribution in [2.75, 3.05) is 0 Å². The van der Waals surface area contributed by atoms with Crippen LogP contribution in [0.15, 0.2) is 0 Å². The van der Waals surface area contributed by atoms with Crippen molar-refractivity contribution in [2.24, 2.45) is 10.3 Å². The number of nitrogens with two attached hydrogens (primary N) is 2. The highest BCUT2D eigenvalue weighted by Gasteiger charge is 1.78. The zero-order valence-electron chi connectivity index (χ0n) is 3.30. The monoisotopic (exact) mass is 97.0 g/mol. The first-order valence-electron chi connectivity index (χ1n) is 1.27. The van der Waals surface area contributed by atoms with E-state index in [2.05, 4.69) is 5.14 Å². The van der Waals surface area contributed by atoms with Crippen molar-refractivity contribution in [1.29, 1.82) is 0 Å². The summed E-state index contributed by atoms with van der Waals surface area (Å²) in [6, 6.07) is 0. The zero-order valence-corrected chi connectivity index (χ0v) is 3.12. The Hall–Kier alpha value is -0.130. The fourth-order valence-corrected chi connectivity index (χ4v) is 0. The molecule has 0 spiro atoms. The number of hydrogen-bond donors (Lipinski definition) is 2. The summed E-state index contributed by atoms with van der Waals surface area (Å²) in [5, 5.41) is 5.31. The van der Waals surface area contributed by atoms with Crippen LogP contribution in [0.4, 0.5) is 0 Å². The van der Waals surface area contributed by atoms with E-state index in [0.29, 0.717) is 0 Å². The van der Waals surface area contributed by atoms with Crippen LogP contribution in [0.25, 0.3) is 0 Å². The molecule has 0 atom stereocenters. The molecular weight excluding hydrogens is 92.1 g/mol. The molecule has 0 aliphatic carbocycles. The van der Waals surface area contributed by atoms with Gasteiger partial charge in [0.25, 0.3) is 10.2 Å². The molecule has 0 saturated heterocycles. The normalized spacial score (nSPS) is 14.2. The fraction of sp³-hybridized carbons (Fsp3) is 0. The molecule has 32 valence electrons. The van der Waals surface area contributed by atoms with E-state index < -0.39 is 10.2 Å². The molecule has 0 fully saturated rings. The summed E-state index contributed by atoms with van der Waals surface area (Å²) in [5.41, 5.74) is 0. The molecule has 0 unspecified atom stereocenters. The van der Waals surface area contributed by atoms with E-state index in [0.717, 1.165) is 5.13 Å². The van der Waals surface area contributed by atoms with Crippen LogP contribution in [0.1, 0.15) is 0 Å². The second-order valence-electron chi connectivity index (χ2n) is 0.545. The summed E-state index contributed by atoms with van der Waals surface area (Å²) >= 11 is 0. The van der Waals surface area contributed by atoms with Crippen LogP contribution < -0.4 is 10.3 Å². The number of rotatable bonds is 1. The van der Waals surface area contributed by atoms with Crippen LogP contribution in [0.2, 0.25) is 1.41 Å². The number of hydrogen-bond acceptors (Lipinski definition) is 2. The molecule has 0 bridgehead atoms. The Balaban J connectivity index is 3.85. The van der Waals surface area contributed by atoms with Crippen molar-refractivity contribution in [3.63, 3.8) is 0 Å². The van der Waals surface area contributed by atoms with Crippen LogP contribution in [0, 0.1) is 0 Å². The van der Waals surface area contributed by atoms with Gasteiger partial charge in [-0.3, -0.25) is 0 Å². The Labute approximate surface area is 31.4 Å². The minimum atomic E-state index is -3.75. The van der Waals surface area contributed by atoms with Crippen molar-refractivity contribution >= 4 is 10.2 Å². The third-order valence-corrected chi connectivity index (χ3v) is 0. The molecule has 0 aromatic rings. The summed E-state index contributed by atoms with van der Waals surface area (Å²) in [5.74, 6) is 0. The van der Waals surface area contributed by atoms with E-state index in [1.807, 2.05) is 0 Å². The van der Waals surface area contributed by atoms with Crippen LogP contribution in [-0.2, 0) is 10.2 Å². The SMILES string of the molecule is [2H]NS(N)(=O)=O. The fourth-order valence-electron chi connectivity index (χ4n) is 0. The lowest BCUT2D eigenvalue weighted by Crippen LogP contribution is -2.21. The van der Waals surface area contributed by atoms with Crippen molar-refractivity contribution in [3.8, 4) is 0 Å². The smallest absolute Gasteiger partial charge is 0.216 e. The van der Waals surface area contributed by atoms with Crippen molar-refractivity contribution in [3.05, 3.63) is 0 Å². The van der Waals surface area contributed by atoms with Gasteiger partial charge in [-0.1, -0.05) is 0 Å². The Bertz CT molecular complexity index is 114. The van der Waals surface area contributed by atoms with Gasteiger partial charge < -0.3 is 0 Å². The van der Waals surface area contributed by atoms with Crippen molar-refractivity contribution in [1.82, 2.24) is 0 Å². The van der Waals surface area contributed by atoms with E-state index in [-0.39, 0.29) is 0 Å². The molecule has 0 saturated carbocycles. The second-order valence-corrected chi connectivity index (χ2v) is 1.64. The summed E-state index contributed by atoms with van der Waals surface area (Å²) in [4.78, 5) is 0. The predicted octanol–water partition coefficient (Wildman–Crippen LogP) is -1.85. The van der Waals surface area contributed by atoms with E-state index in [9.17, 15) is 8.42 Å². The first kappa shape index (κ1) is 3.08. The van der Waals surface area contributed by atoms with Crippen LogP contribution in [0.3, 0.4) is 0 Å². The highest BCUT2D eigenvalue weighted by molar-refractivity contribution is 7.86. The lowest BCUT2D eigenvalue weighted by atomic mass is 13.9. The standard InChI is InChI=1S/H4N2O2S/c1-5(2,3)4/h(H4,1,2,3,4)/i/hD. The van der Waals surface area contributed by atoms with Gasteiger partial charge in [-0.25, -0.2) is 10.3 Å². The third-order valence-electron chi connectivity index (χ3n) is 0. The Kier molecular flexibility index (Phi) is 0.569. The minimum absolute atomic E-state index is 1.10. The molecule has 4 nitrogen and oxygen atoms in total. The largest absolute Gasteiger partial charge is 0.271 e. The molecule has 0 aromatic heterocycles. The minimum Gasteiger partial charge on any atom is -0.216 e. The molecule has 0 aliphatic rings. The van der Waals surface area contributed by atoms with Gasteiger partial charge >= 0.3 is 0 Å². The summed E-state index contributed by atoms with van der Waals surface area (Å²) in [7, 11) is -3.75. The summed E-state index contributed by atoms with van der Waals surface area (Å²) in [6.45, 7) is 0. The first-order valence-corrected chi connectivity index (χ1v) is 2.32. The first-order chi connectivity index (χ1) is 2.56. The highest BCUT2D eigenvalue weighted by atomic mass is 32.2. The molecule has 0 heterocycles. The molecule has 0 aliphatic heterocycles. The average molecular weight is 97.1 g/mol. The Morgan fingerprint density at radius 3 is 2.00 bits per heavy atom. The molecule has 0 aromatic carbocycles. The second kappa shape index (κ2) is 0.925. The third kappa shape index (κ3) is 801. The summed E-state index contributed by atoms with van der Waals surface area (Å²) in [6.07, 6.45) is 0.